The molecule has 1 saturated carbocycles. The van der Waals surface area contributed by atoms with Gasteiger partial charge in [-0.1, -0.05) is 32.1 Å². The fourth-order valence-electron chi connectivity index (χ4n) is 3.69. The smallest absolute Gasteiger partial charge is 0.244 e. The number of nitrogens with two attached hydrogens (primary N) is 1. The fourth-order valence-corrected chi connectivity index (χ4v) is 3.69. The quantitative estimate of drug-likeness (QED) is 0.898. The summed E-state index contributed by atoms with van der Waals surface area (Å²) >= 11 is 0. The van der Waals surface area contributed by atoms with Crippen LogP contribution in [-0.2, 0) is 0 Å². The largest absolute Gasteiger partial charge is 0.340 e. The van der Waals surface area contributed by atoms with Crippen molar-refractivity contribution in [3.05, 3.63) is 5.82 Å². The second-order valence-electron chi connectivity index (χ2n) is 6.73. The Morgan fingerprint density at radius 3 is 2.33 bits per heavy atom. The number of nitrogens with one attached hydrogen (secondary N) is 1. The molecule has 1 saturated heterocycles. The minimum Gasteiger partial charge on any atom is -0.340 e. The highest BCUT2D eigenvalue weighted by Gasteiger charge is 2.23. The van der Waals surface area contributed by atoms with Gasteiger partial charge in [0, 0.05) is 19.0 Å². The first-order chi connectivity index (χ1) is 10.4. The van der Waals surface area contributed by atoms with Crippen molar-refractivity contribution in [1.82, 2.24) is 15.2 Å². The Kier molecular flexibility index (Phi) is 5.12. The molecule has 2 aliphatic rings. The van der Waals surface area contributed by atoms with E-state index in [1.807, 2.05) is 0 Å². The molecule has 2 heterocycles. The Morgan fingerprint density at radius 1 is 1.00 bits per heavy atom. The number of hydrogen-bond acceptors (Lipinski definition) is 4. The van der Waals surface area contributed by atoms with Gasteiger partial charge in [-0.15, -0.1) is 5.10 Å². The van der Waals surface area contributed by atoms with Crippen LogP contribution in [0.15, 0.2) is 0 Å². The molecule has 1 aromatic heterocycles. The molecule has 0 atom stereocenters. The zero-order valence-electron chi connectivity index (χ0n) is 13.1. The van der Waals surface area contributed by atoms with Crippen molar-refractivity contribution >= 4 is 5.95 Å². The Labute approximate surface area is 127 Å². The Bertz CT molecular complexity index is 414. The van der Waals surface area contributed by atoms with Crippen LogP contribution in [0.5, 0.6) is 0 Å². The van der Waals surface area contributed by atoms with Gasteiger partial charge in [0.25, 0.3) is 0 Å². The van der Waals surface area contributed by atoms with Gasteiger partial charge in [0.2, 0.25) is 5.95 Å². The zero-order chi connectivity index (χ0) is 14.5. The van der Waals surface area contributed by atoms with Crippen molar-refractivity contribution in [3.63, 3.8) is 0 Å². The summed E-state index contributed by atoms with van der Waals surface area (Å²) in [5.41, 5.74) is 5.76. The molecule has 3 rings (SSSR count). The van der Waals surface area contributed by atoms with E-state index in [-0.39, 0.29) is 0 Å². The SMILES string of the molecule is NCC1CCN(c2n[nH]c(C3CCCCCCC3)n2)CC1. The van der Waals surface area contributed by atoms with Crippen LogP contribution in [0.1, 0.15) is 69.5 Å². The molecule has 5 nitrogen and oxygen atoms in total. The van der Waals surface area contributed by atoms with E-state index in [9.17, 15) is 0 Å². The van der Waals surface area contributed by atoms with E-state index in [4.69, 9.17) is 10.7 Å². The molecule has 118 valence electrons. The number of rotatable bonds is 3. The number of aromatic nitrogens is 3. The first-order valence-electron chi connectivity index (χ1n) is 8.74. The van der Waals surface area contributed by atoms with Crippen molar-refractivity contribution in [2.45, 2.75) is 63.7 Å². The maximum atomic E-state index is 5.76. The Hall–Kier alpha value is -1.10. The number of piperidine rings is 1. The maximum absolute atomic E-state index is 5.76. The monoisotopic (exact) mass is 291 g/mol. The molecule has 0 amide bonds. The van der Waals surface area contributed by atoms with Crippen LogP contribution in [0.2, 0.25) is 0 Å². The molecule has 0 spiro atoms. The van der Waals surface area contributed by atoms with E-state index in [1.165, 1.54) is 57.8 Å². The third-order valence-electron chi connectivity index (χ3n) is 5.21. The molecule has 0 aromatic carbocycles. The fraction of sp³-hybridized carbons (Fsp3) is 0.875. The summed E-state index contributed by atoms with van der Waals surface area (Å²) in [7, 11) is 0. The summed E-state index contributed by atoms with van der Waals surface area (Å²) in [6, 6.07) is 0. The van der Waals surface area contributed by atoms with Crippen molar-refractivity contribution in [2.24, 2.45) is 11.7 Å². The lowest BCUT2D eigenvalue weighted by molar-refractivity contribution is 0.411. The minimum atomic E-state index is 0.591. The van der Waals surface area contributed by atoms with Crippen molar-refractivity contribution in [2.75, 3.05) is 24.5 Å². The summed E-state index contributed by atoms with van der Waals surface area (Å²) in [5, 5.41) is 7.70. The molecular formula is C16H29N5. The van der Waals surface area contributed by atoms with Crippen LogP contribution in [0, 0.1) is 5.92 Å². The van der Waals surface area contributed by atoms with E-state index in [1.54, 1.807) is 0 Å². The van der Waals surface area contributed by atoms with Gasteiger partial charge in [-0.25, -0.2) is 0 Å². The molecule has 0 bridgehead atoms. The standard InChI is InChI=1S/C16H29N5/c17-12-13-8-10-21(11-9-13)16-18-15(19-20-16)14-6-4-2-1-3-5-7-14/h13-14H,1-12,17H2,(H,18,19,20). The van der Waals surface area contributed by atoms with Gasteiger partial charge in [0.15, 0.2) is 0 Å². The lowest BCUT2D eigenvalue weighted by atomic mass is 9.91. The summed E-state index contributed by atoms with van der Waals surface area (Å²) in [5.74, 6) is 3.30. The number of aromatic amines is 1. The van der Waals surface area contributed by atoms with Crippen molar-refractivity contribution in [1.29, 1.82) is 0 Å². The van der Waals surface area contributed by atoms with Crippen molar-refractivity contribution in [3.8, 4) is 0 Å². The molecule has 1 aliphatic heterocycles. The molecule has 0 unspecified atom stereocenters. The van der Waals surface area contributed by atoms with Gasteiger partial charge in [-0.2, -0.15) is 4.98 Å². The van der Waals surface area contributed by atoms with Crippen LogP contribution >= 0.6 is 0 Å². The topological polar surface area (TPSA) is 70.8 Å². The van der Waals surface area contributed by atoms with Crippen LogP contribution < -0.4 is 10.6 Å². The van der Waals surface area contributed by atoms with Gasteiger partial charge < -0.3 is 10.6 Å². The Morgan fingerprint density at radius 2 is 1.67 bits per heavy atom. The van der Waals surface area contributed by atoms with Crippen LogP contribution in [-0.4, -0.2) is 34.8 Å². The highest BCUT2D eigenvalue weighted by Crippen LogP contribution is 2.30. The summed E-state index contributed by atoms with van der Waals surface area (Å²) in [6.45, 7) is 2.91. The van der Waals surface area contributed by atoms with Gasteiger partial charge in [-0.3, -0.25) is 5.10 Å². The van der Waals surface area contributed by atoms with E-state index < -0.39 is 0 Å². The van der Waals surface area contributed by atoms with Crippen LogP contribution in [0.3, 0.4) is 0 Å². The third kappa shape index (κ3) is 3.76. The highest BCUT2D eigenvalue weighted by molar-refractivity contribution is 5.29. The number of anilines is 1. The van der Waals surface area contributed by atoms with Crippen molar-refractivity contribution < 1.29 is 0 Å². The van der Waals surface area contributed by atoms with E-state index >= 15 is 0 Å². The maximum Gasteiger partial charge on any atom is 0.244 e. The lowest BCUT2D eigenvalue weighted by Gasteiger charge is -2.30. The average molecular weight is 291 g/mol. The van der Waals surface area contributed by atoms with Crippen LogP contribution in [0.25, 0.3) is 0 Å². The van der Waals surface area contributed by atoms with Gasteiger partial charge in [0.1, 0.15) is 5.82 Å². The third-order valence-corrected chi connectivity index (χ3v) is 5.21. The minimum absolute atomic E-state index is 0.591. The normalized spacial score (nSPS) is 23.0. The molecule has 21 heavy (non-hydrogen) atoms. The highest BCUT2D eigenvalue weighted by atomic mass is 15.4. The van der Waals surface area contributed by atoms with E-state index in [2.05, 4.69) is 15.1 Å². The average Bonchev–Trinajstić information content (AvgIpc) is 2.97. The molecule has 0 radical (unpaired) electrons. The molecule has 3 N–H and O–H groups in total. The predicted molar refractivity (Wildman–Crippen MR) is 85.4 cm³/mol. The second-order valence-corrected chi connectivity index (χ2v) is 6.73. The predicted octanol–water partition coefficient (Wildman–Crippen LogP) is 2.81. The molecule has 1 aliphatic carbocycles. The summed E-state index contributed by atoms with van der Waals surface area (Å²) < 4.78 is 0. The number of H-pyrrole nitrogens is 1. The first-order valence-corrected chi connectivity index (χ1v) is 8.74. The first kappa shape index (κ1) is 14.8. The van der Waals surface area contributed by atoms with Gasteiger partial charge in [-0.05, 0) is 38.1 Å². The van der Waals surface area contributed by atoms with Gasteiger partial charge >= 0.3 is 0 Å². The summed E-state index contributed by atoms with van der Waals surface area (Å²) in [6.07, 6.45) is 11.7. The lowest BCUT2D eigenvalue weighted by Crippen LogP contribution is -2.36. The molecular weight excluding hydrogens is 262 g/mol. The number of hydrogen-bond donors (Lipinski definition) is 2. The van der Waals surface area contributed by atoms with Crippen LogP contribution in [0.4, 0.5) is 5.95 Å². The van der Waals surface area contributed by atoms with Gasteiger partial charge in [0.05, 0.1) is 0 Å². The van der Waals surface area contributed by atoms with E-state index in [0.29, 0.717) is 11.8 Å². The second kappa shape index (κ2) is 7.25. The zero-order valence-corrected chi connectivity index (χ0v) is 13.1. The number of nitrogens with zero attached hydrogens (tertiary/aromatic N) is 3. The Balaban J connectivity index is 1.60. The molecule has 2 fully saturated rings. The molecule has 1 aromatic rings. The molecule has 5 heteroatoms. The summed E-state index contributed by atoms with van der Waals surface area (Å²) in [4.78, 5) is 7.12. The van der Waals surface area contributed by atoms with E-state index in [0.717, 1.165) is 31.4 Å².